The number of pyridine rings is 1. The molecule has 0 aliphatic carbocycles. The van der Waals surface area contributed by atoms with Crippen molar-refractivity contribution in [2.24, 2.45) is 5.73 Å². The van der Waals surface area contributed by atoms with Crippen LogP contribution in [-0.2, 0) is 15.7 Å². The van der Waals surface area contributed by atoms with Crippen LogP contribution in [0.1, 0.15) is 17.2 Å². The molecule has 2 aromatic carbocycles. The van der Waals surface area contributed by atoms with E-state index < -0.39 is 42.0 Å². The molecule has 0 amide bonds. The average molecular weight is 558 g/mol. The number of nitrogens with two attached hydrogens (primary N) is 1. The molecule has 0 spiro atoms. The molecule has 0 saturated heterocycles. The number of benzene rings is 2. The van der Waals surface area contributed by atoms with Crippen molar-refractivity contribution in [2.45, 2.75) is 24.5 Å². The van der Waals surface area contributed by atoms with Crippen LogP contribution < -0.4 is 11.1 Å². The highest BCUT2D eigenvalue weighted by Gasteiger charge is 2.43. The summed E-state index contributed by atoms with van der Waals surface area (Å²) in [5.41, 5.74) is 5.55. The molecule has 0 bridgehead atoms. The topological polar surface area (TPSA) is 90.1 Å². The van der Waals surface area contributed by atoms with E-state index in [-0.39, 0.29) is 12.1 Å². The number of nitrogens with one attached hydrogen (secondary N) is 1. The number of carbonyl (C=O) groups is 1. The normalized spacial score (nSPS) is 13.8. The molecule has 2 heterocycles. The van der Waals surface area contributed by atoms with E-state index in [0.717, 1.165) is 23.1 Å². The summed E-state index contributed by atoms with van der Waals surface area (Å²) in [5, 5.41) is 4.51. The Bertz CT molecular complexity index is 1440. The number of rotatable bonds is 7. The molecule has 0 aliphatic heterocycles. The van der Waals surface area contributed by atoms with Crippen LogP contribution in [0.5, 0.6) is 0 Å². The van der Waals surface area contributed by atoms with Gasteiger partial charge in [-0.25, -0.2) is 14.8 Å². The third kappa shape index (κ3) is 6.37. The highest BCUT2D eigenvalue weighted by atomic mass is 32.1. The van der Waals surface area contributed by atoms with Crippen molar-refractivity contribution in [3.8, 4) is 10.4 Å². The smallest absolute Gasteiger partial charge is 0.449 e. The number of hydrogen-bond acceptors (Lipinski definition) is 7. The highest BCUT2D eigenvalue weighted by molar-refractivity contribution is 7.18. The number of anilines is 1. The Morgan fingerprint density at radius 3 is 2.34 bits per heavy atom. The summed E-state index contributed by atoms with van der Waals surface area (Å²) >= 11 is 1.17. The minimum atomic E-state index is -5.33. The maximum atomic E-state index is 13.5. The zero-order valence-corrected chi connectivity index (χ0v) is 19.8. The molecule has 2 atom stereocenters. The van der Waals surface area contributed by atoms with Crippen LogP contribution in [0, 0.1) is 5.95 Å². The van der Waals surface area contributed by atoms with E-state index >= 15 is 0 Å². The minimum Gasteiger partial charge on any atom is -0.449 e. The fourth-order valence-electron chi connectivity index (χ4n) is 3.52. The molecule has 0 saturated carbocycles. The Labute approximate surface area is 214 Å². The van der Waals surface area contributed by atoms with Crippen LogP contribution in [0.2, 0.25) is 0 Å². The van der Waals surface area contributed by atoms with E-state index in [9.17, 15) is 35.5 Å². The number of esters is 1. The lowest BCUT2D eigenvalue weighted by molar-refractivity contribution is -0.206. The number of ether oxygens (including phenoxy) is 1. The Morgan fingerprint density at radius 2 is 1.68 bits per heavy atom. The van der Waals surface area contributed by atoms with E-state index in [4.69, 9.17) is 5.73 Å². The quantitative estimate of drug-likeness (QED) is 0.162. The Hall–Kier alpha value is -3.78. The van der Waals surface area contributed by atoms with Gasteiger partial charge in [-0.3, -0.25) is 0 Å². The first kappa shape index (κ1) is 27.3. The van der Waals surface area contributed by atoms with Crippen molar-refractivity contribution in [3.05, 3.63) is 78.0 Å². The molecule has 0 radical (unpaired) electrons. The molecule has 0 aliphatic rings. The first-order valence-electron chi connectivity index (χ1n) is 10.8. The predicted octanol–water partition coefficient (Wildman–Crippen LogP) is 6.10. The van der Waals surface area contributed by atoms with Gasteiger partial charge in [0.2, 0.25) is 5.95 Å². The maximum Gasteiger partial charge on any atom is 0.490 e. The van der Waals surface area contributed by atoms with Crippen LogP contribution in [0.4, 0.5) is 35.9 Å². The third-order valence-corrected chi connectivity index (χ3v) is 6.39. The molecular weight excluding hydrogens is 541 g/mol. The second kappa shape index (κ2) is 10.5. The minimum absolute atomic E-state index is 0.150. The van der Waals surface area contributed by atoms with Gasteiger partial charge < -0.3 is 15.8 Å². The fraction of sp³-hybridized carbons (Fsp3) is 0.208. The van der Waals surface area contributed by atoms with Crippen molar-refractivity contribution in [1.29, 1.82) is 0 Å². The van der Waals surface area contributed by atoms with E-state index in [1.807, 2.05) is 0 Å². The summed E-state index contributed by atoms with van der Waals surface area (Å²) in [7, 11) is 0. The molecule has 0 unspecified atom stereocenters. The zero-order chi connectivity index (χ0) is 27.7. The van der Waals surface area contributed by atoms with E-state index in [1.54, 1.807) is 18.2 Å². The number of hydrogen-bond donors (Lipinski definition) is 2. The van der Waals surface area contributed by atoms with Crippen LogP contribution in [0.15, 0.2) is 60.9 Å². The molecule has 2 aromatic heterocycles. The maximum absolute atomic E-state index is 13.5. The second-order valence-corrected chi connectivity index (χ2v) is 9.12. The number of fused-ring (bicyclic) bond motifs is 1. The molecule has 200 valence electrons. The molecule has 3 N–H and O–H groups in total. The molecule has 4 aromatic rings. The van der Waals surface area contributed by atoms with Gasteiger partial charge in [-0.1, -0.05) is 35.6 Å². The molecule has 0 fully saturated rings. The van der Waals surface area contributed by atoms with Gasteiger partial charge in [-0.15, -0.1) is 0 Å². The monoisotopic (exact) mass is 558 g/mol. The summed E-state index contributed by atoms with van der Waals surface area (Å²) < 4.78 is 95.1. The Kier molecular flexibility index (Phi) is 7.56. The van der Waals surface area contributed by atoms with Crippen molar-refractivity contribution < 1.29 is 40.3 Å². The van der Waals surface area contributed by atoms with Crippen molar-refractivity contribution in [1.82, 2.24) is 9.97 Å². The lowest BCUT2D eigenvalue weighted by Crippen LogP contribution is -2.40. The first-order chi connectivity index (χ1) is 17.8. The van der Waals surface area contributed by atoms with Crippen LogP contribution in [0.25, 0.3) is 21.2 Å². The van der Waals surface area contributed by atoms with Crippen LogP contribution in [0.3, 0.4) is 0 Å². The molecule has 4 rings (SSSR count). The lowest BCUT2D eigenvalue weighted by Gasteiger charge is -2.25. The number of alkyl halides is 6. The van der Waals surface area contributed by atoms with Gasteiger partial charge in [0, 0.05) is 30.4 Å². The summed E-state index contributed by atoms with van der Waals surface area (Å²) in [5.74, 6) is -3.17. The van der Waals surface area contributed by atoms with Gasteiger partial charge in [-0.05, 0) is 34.7 Å². The van der Waals surface area contributed by atoms with E-state index in [1.165, 1.54) is 29.8 Å². The molecular formula is C24H17F7N4O2S. The fourth-order valence-corrected chi connectivity index (χ4v) is 4.33. The number of aromatic nitrogens is 2. The zero-order valence-electron chi connectivity index (χ0n) is 19.0. The van der Waals surface area contributed by atoms with Crippen LogP contribution >= 0.6 is 11.3 Å². The van der Waals surface area contributed by atoms with E-state index in [0.29, 0.717) is 27.5 Å². The van der Waals surface area contributed by atoms with E-state index in [2.05, 4.69) is 20.0 Å². The Balaban J connectivity index is 1.50. The highest BCUT2D eigenvalue weighted by Crippen LogP contribution is 2.33. The van der Waals surface area contributed by atoms with Crippen LogP contribution in [-0.4, -0.2) is 34.7 Å². The summed E-state index contributed by atoms with van der Waals surface area (Å²) in [6.07, 6.45) is -8.79. The molecule has 6 nitrogen and oxygen atoms in total. The number of nitrogens with zero attached hydrogens (tertiary/aromatic N) is 2. The number of thiazole rings is 1. The largest absolute Gasteiger partial charge is 0.490 e. The lowest BCUT2D eigenvalue weighted by atomic mass is 10.0. The number of carbonyl (C=O) groups excluding carboxylic acids is 1. The standard InChI is InChI=1S/C24H17F7N4O2S/c25-19-8-15-7-13(1-2-14(15)9-33-19)18-11-35-22(38-18)34-10-17(32)20(37-21(36)24(29,30)31)12-3-5-16(6-4-12)23(26,27)28/h1-9,11,17,20H,10,32H2,(H,34,35)/t17-,20+/m1/s1. The van der Waals surface area contributed by atoms with Gasteiger partial charge in [0.05, 0.1) is 16.5 Å². The molecule has 14 heteroatoms. The first-order valence-corrected chi connectivity index (χ1v) is 11.6. The van der Waals surface area contributed by atoms with Gasteiger partial charge >= 0.3 is 18.3 Å². The number of halogens is 7. The third-order valence-electron chi connectivity index (χ3n) is 5.39. The SMILES string of the molecule is N[C@H](CNc1ncc(-c2ccc3cnc(F)cc3c2)s1)[C@@H](OC(=O)C(F)(F)F)c1ccc(C(F)(F)F)cc1. The van der Waals surface area contributed by atoms with Gasteiger partial charge in [-0.2, -0.15) is 30.7 Å². The second-order valence-electron chi connectivity index (χ2n) is 8.09. The summed E-state index contributed by atoms with van der Waals surface area (Å²) in [4.78, 5) is 20.0. The molecule has 38 heavy (non-hydrogen) atoms. The summed E-state index contributed by atoms with van der Waals surface area (Å²) in [6, 6.07) is 8.37. The van der Waals surface area contributed by atoms with Gasteiger partial charge in [0.25, 0.3) is 0 Å². The Morgan fingerprint density at radius 1 is 0.974 bits per heavy atom. The summed E-state index contributed by atoms with van der Waals surface area (Å²) in [6.45, 7) is -0.238. The van der Waals surface area contributed by atoms with Crippen molar-refractivity contribution in [2.75, 3.05) is 11.9 Å². The van der Waals surface area contributed by atoms with Crippen molar-refractivity contribution >= 4 is 33.2 Å². The van der Waals surface area contributed by atoms with Crippen molar-refractivity contribution in [3.63, 3.8) is 0 Å². The average Bonchev–Trinajstić information content (AvgIpc) is 3.33. The predicted molar refractivity (Wildman–Crippen MR) is 126 cm³/mol. The van der Waals surface area contributed by atoms with Gasteiger partial charge in [0.15, 0.2) is 5.13 Å². The van der Waals surface area contributed by atoms with Gasteiger partial charge in [0.1, 0.15) is 6.10 Å².